The number of ether oxygens (including phenoxy) is 1. The molecule has 0 heterocycles. The second kappa shape index (κ2) is 11.8. The highest BCUT2D eigenvalue weighted by Gasteiger charge is 2.26. The third-order valence-corrected chi connectivity index (χ3v) is 6.37. The van der Waals surface area contributed by atoms with Crippen LogP contribution in [0.4, 0.5) is 0 Å². The molecule has 0 amide bonds. The van der Waals surface area contributed by atoms with E-state index >= 15 is 0 Å². The van der Waals surface area contributed by atoms with Gasteiger partial charge in [-0.15, -0.1) is 0 Å². The molecule has 25 heavy (non-hydrogen) atoms. The largest absolute Gasteiger partial charge is 0.465 e. The van der Waals surface area contributed by atoms with Gasteiger partial charge in [0.2, 0.25) is 0 Å². The van der Waals surface area contributed by atoms with Gasteiger partial charge in [0.05, 0.1) is 12.5 Å². The van der Waals surface area contributed by atoms with Gasteiger partial charge < -0.3 is 4.74 Å². The van der Waals surface area contributed by atoms with Crippen molar-refractivity contribution in [2.75, 3.05) is 6.61 Å². The Morgan fingerprint density at radius 3 is 2.12 bits per heavy atom. The van der Waals surface area contributed by atoms with Crippen LogP contribution in [0, 0.1) is 23.7 Å². The topological polar surface area (TPSA) is 26.3 Å². The van der Waals surface area contributed by atoms with Gasteiger partial charge in [-0.25, -0.2) is 0 Å². The molecule has 0 aromatic rings. The zero-order valence-electron chi connectivity index (χ0n) is 16.7. The van der Waals surface area contributed by atoms with E-state index < -0.39 is 0 Å². The van der Waals surface area contributed by atoms with Crippen molar-refractivity contribution in [1.29, 1.82) is 0 Å². The molecule has 0 aliphatic heterocycles. The highest BCUT2D eigenvalue weighted by molar-refractivity contribution is 5.72. The standard InChI is InChI=1S/C23H40O2/c1-3-7-19-10-12-20(13-11-19)8-5-6-9-21-14-16-22(17-15-21)23(24)25-18-4-2/h6,9,19-22H,3-5,7-8,10-18H2,1-2H3/b9-6+. The van der Waals surface area contributed by atoms with Crippen molar-refractivity contribution >= 4 is 5.97 Å². The summed E-state index contributed by atoms with van der Waals surface area (Å²) in [6.07, 6.45) is 21.4. The predicted octanol–water partition coefficient (Wildman–Crippen LogP) is 6.69. The second-order valence-corrected chi connectivity index (χ2v) is 8.46. The molecule has 0 saturated heterocycles. The molecule has 0 aromatic carbocycles. The van der Waals surface area contributed by atoms with Crippen molar-refractivity contribution in [3.05, 3.63) is 12.2 Å². The van der Waals surface area contributed by atoms with Gasteiger partial charge in [-0.3, -0.25) is 4.79 Å². The number of allylic oxidation sites excluding steroid dienone is 2. The summed E-state index contributed by atoms with van der Waals surface area (Å²) in [6.45, 7) is 4.95. The lowest BCUT2D eigenvalue weighted by atomic mass is 9.78. The van der Waals surface area contributed by atoms with Crippen LogP contribution in [0.25, 0.3) is 0 Å². The average Bonchev–Trinajstić information content (AvgIpc) is 2.65. The fourth-order valence-electron chi connectivity index (χ4n) is 4.71. The van der Waals surface area contributed by atoms with E-state index in [1.54, 1.807) is 0 Å². The molecule has 0 bridgehead atoms. The van der Waals surface area contributed by atoms with Gasteiger partial charge in [-0.2, -0.15) is 0 Å². The molecule has 2 nitrogen and oxygen atoms in total. The zero-order valence-corrected chi connectivity index (χ0v) is 16.7. The molecule has 2 fully saturated rings. The van der Waals surface area contributed by atoms with Crippen LogP contribution in [-0.2, 0) is 9.53 Å². The van der Waals surface area contributed by atoms with Crippen LogP contribution in [0.3, 0.4) is 0 Å². The second-order valence-electron chi connectivity index (χ2n) is 8.46. The minimum atomic E-state index is 0.0444. The number of esters is 1. The highest BCUT2D eigenvalue weighted by Crippen LogP contribution is 2.34. The Morgan fingerprint density at radius 2 is 1.52 bits per heavy atom. The molecule has 0 radical (unpaired) electrons. The van der Waals surface area contributed by atoms with Crippen LogP contribution >= 0.6 is 0 Å². The number of hydrogen-bond donors (Lipinski definition) is 0. The maximum absolute atomic E-state index is 11.9. The van der Waals surface area contributed by atoms with E-state index in [1.807, 2.05) is 6.92 Å². The van der Waals surface area contributed by atoms with E-state index in [2.05, 4.69) is 19.1 Å². The average molecular weight is 349 g/mol. The van der Waals surface area contributed by atoms with Gasteiger partial charge in [0.1, 0.15) is 0 Å². The number of carbonyl (C=O) groups excluding carboxylic acids is 1. The Labute approximate surface area is 155 Å². The minimum absolute atomic E-state index is 0.0444. The molecule has 2 heteroatoms. The third-order valence-electron chi connectivity index (χ3n) is 6.37. The van der Waals surface area contributed by atoms with Crippen molar-refractivity contribution in [3.8, 4) is 0 Å². The molecule has 0 aromatic heterocycles. The summed E-state index contributed by atoms with van der Waals surface area (Å²) in [7, 11) is 0. The number of carbonyl (C=O) groups is 1. The van der Waals surface area contributed by atoms with Gasteiger partial charge in [-0.1, -0.05) is 64.5 Å². The van der Waals surface area contributed by atoms with E-state index in [1.165, 1.54) is 51.4 Å². The zero-order chi connectivity index (χ0) is 17.9. The summed E-state index contributed by atoms with van der Waals surface area (Å²) in [4.78, 5) is 11.9. The fourth-order valence-corrected chi connectivity index (χ4v) is 4.71. The molecule has 0 unspecified atom stereocenters. The van der Waals surface area contributed by atoms with Crippen molar-refractivity contribution in [2.45, 2.75) is 97.3 Å². The Morgan fingerprint density at radius 1 is 0.880 bits per heavy atom. The summed E-state index contributed by atoms with van der Waals surface area (Å²) in [5.74, 6) is 2.89. The van der Waals surface area contributed by atoms with E-state index in [0.29, 0.717) is 12.5 Å². The lowest BCUT2D eigenvalue weighted by molar-refractivity contribution is -0.149. The van der Waals surface area contributed by atoms with Crippen molar-refractivity contribution < 1.29 is 9.53 Å². The maximum Gasteiger partial charge on any atom is 0.308 e. The molecule has 2 aliphatic rings. The van der Waals surface area contributed by atoms with E-state index in [-0.39, 0.29) is 11.9 Å². The van der Waals surface area contributed by atoms with E-state index in [4.69, 9.17) is 4.74 Å². The Hall–Kier alpha value is -0.790. The number of rotatable bonds is 9. The van der Waals surface area contributed by atoms with Crippen molar-refractivity contribution in [2.24, 2.45) is 23.7 Å². The molecule has 2 rings (SSSR count). The quantitative estimate of drug-likeness (QED) is 0.343. The van der Waals surface area contributed by atoms with Crippen LogP contribution in [0.1, 0.15) is 97.3 Å². The summed E-state index contributed by atoms with van der Waals surface area (Å²) >= 11 is 0. The number of hydrogen-bond acceptors (Lipinski definition) is 2. The monoisotopic (exact) mass is 348 g/mol. The summed E-state index contributed by atoms with van der Waals surface area (Å²) in [5.41, 5.74) is 0. The van der Waals surface area contributed by atoms with Crippen LogP contribution in [0.2, 0.25) is 0 Å². The molecule has 144 valence electrons. The highest BCUT2D eigenvalue weighted by atomic mass is 16.5. The first kappa shape index (κ1) is 20.5. The van der Waals surface area contributed by atoms with Gasteiger partial charge in [0.15, 0.2) is 0 Å². The van der Waals surface area contributed by atoms with Gasteiger partial charge in [-0.05, 0) is 62.7 Å². The first-order valence-corrected chi connectivity index (χ1v) is 11.1. The molecule has 0 N–H and O–H groups in total. The van der Waals surface area contributed by atoms with Crippen LogP contribution in [0.5, 0.6) is 0 Å². The molecule has 0 atom stereocenters. The summed E-state index contributed by atoms with van der Waals surface area (Å²) < 4.78 is 5.30. The van der Waals surface area contributed by atoms with E-state index in [9.17, 15) is 4.79 Å². The fraction of sp³-hybridized carbons (Fsp3) is 0.870. The summed E-state index contributed by atoms with van der Waals surface area (Å²) in [5, 5.41) is 0. The molecular weight excluding hydrogens is 308 g/mol. The van der Waals surface area contributed by atoms with Crippen LogP contribution < -0.4 is 0 Å². The Kier molecular flexibility index (Phi) is 9.65. The lowest BCUT2D eigenvalue weighted by Crippen LogP contribution is -2.23. The normalized spacial score (nSPS) is 30.5. The van der Waals surface area contributed by atoms with Gasteiger partial charge >= 0.3 is 5.97 Å². The molecular formula is C23H40O2. The minimum Gasteiger partial charge on any atom is -0.465 e. The summed E-state index contributed by atoms with van der Waals surface area (Å²) in [6, 6.07) is 0. The first-order valence-electron chi connectivity index (χ1n) is 11.1. The van der Waals surface area contributed by atoms with Crippen LogP contribution in [0.15, 0.2) is 12.2 Å². The SMILES string of the molecule is CCCOC(=O)C1CCC(/C=C/CCC2CCC(CCC)CC2)CC1. The molecule has 2 aliphatic carbocycles. The van der Waals surface area contributed by atoms with Crippen molar-refractivity contribution in [1.82, 2.24) is 0 Å². The van der Waals surface area contributed by atoms with Gasteiger partial charge in [0.25, 0.3) is 0 Å². The van der Waals surface area contributed by atoms with Crippen molar-refractivity contribution in [3.63, 3.8) is 0 Å². The third kappa shape index (κ3) is 7.54. The predicted molar refractivity (Wildman–Crippen MR) is 105 cm³/mol. The Balaban J connectivity index is 1.55. The molecule has 2 saturated carbocycles. The van der Waals surface area contributed by atoms with Crippen LogP contribution in [-0.4, -0.2) is 12.6 Å². The Bertz CT molecular complexity index is 385. The van der Waals surface area contributed by atoms with E-state index in [0.717, 1.165) is 43.9 Å². The first-order chi connectivity index (χ1) is 12.2. The smallest absolute Gasteiger partial charge is 0.308 e. The maximum atomic E-state index is 11.9. The van der Waals surface area contributed by atoms with Gasteiger partial charge in [0, 0.05) is 0 Å². The molecule has 0 spiro atoms. The lowest BCUT2D eigenvalue weighted by Gasteiger charge is -2.28.